The smallest absolute Gasteiger partial charge is 0.339 e. The maximum absolute atomic E-state index is 11.8. The minimum Gasteiger partial charge on any atom is -0.478 e. The van der Waals surface area contributed by atoms with Crippen molar-refractivity contribution in [2.24, 2.45) is 0 Å². The minimum atomic E-state index is -1.00. The summed E-state index contributed by atoms with van der Waals surface area (Å²) in [6, 6.07) is 13.1. The average molecular weight is 422 g/mol. The molecule has 31 heavy (non-hydrogen) atoms. The third-order valence-corrected chi connectivity index (χ3v) is 5.29. The van der Waals surface area contributed by atoms with Gasteiger partial charge in [-0.3, -0.25) is 9.30 Å². The van der Waals surface area contributed by atoms with Gasteiger partial charge in [0.15, 0.2) is 5.65 Å². The van der Waals surface area contributed by atoms with Crippen LogP contribution < -0.4 is 5.32 Å². The molecule has 3 aromatic heterocycles. The topological polar surface area (TPSA) is 92.0 Å². The van der Waals surface area contributed by atoms with Gasteiger partial charge in [-0.15, -0.1) is 0 Å². The number of rotatable bonds is 5. The molecule has 0 amide bonds. The highest BCUT2D eigenvalue weighted by Crippen LogP contribution is 2.26. The van der Waals surface area contributed by atoms with Crippen molar-refractivity contribution < 1.29 is 14.6 Å². The predicted octanol–water partition coefficient (Wildman–Crippen LogP) is 3.50. The summed E-state index contributed by atoms with van der Waals surface area (Å²) < 4.78 is 7.22. The summed E-state index contributed by atoms with van der Waals surface area (Å²) in [6.45, 7) is 9.17. The van der Waals surface area contributed by atoms with E-state index in [9.17, 15) is 9.90 Å². The third kappa shape index (κ3) is 4.17. The van der Waals surface area contributed by atoms with Crippen molar-refractivity contribution in [3.05, 3.63) is 48.0 Å². The zero-order chi connectivity index (χ0) is 21.8. The molecule has 162 valence electrons. The molecule has 0 radical (unpaired) electrons. The first-order valence-corrected chi connectivity index (χ1v) is 10.7. The lowest BCUT2D eigenvalue weighted by atomic mass is 10.2. The molecule has 8 heteroatoms. The number of nitrogens with zero attached hydrogens (tertiary/aromatic N) is 4. The lowest BCUT2D eigenvalue weighted by Crippen LogP contribution is -2.39. The van der Waals surface area contributed by atoms with Gasteiger partial charge in [-0.1, -0.05) is 26.0 Å². The van der Waals surface area contributed by atoms with Gasteiger partial charge >= 0.3 is 5.97 Å². The molecule has 1 saturated heterocycles. The molecule has 5 rings (SSSR count). The van der Waals surface area contributed by atoms with Crippen LogP contribution in [0, 0.1) is 0 Å². The number of carbonyl (C=O) groups is 1. The van der Waals surface area contributed by atoms with Gasteiger partial charge in [0.2, 0.25) is 0 Å². The first-order chi connectivity index (χ1) is 15.2. The number of fused-ring (bicyclic) bond motifs is 5. The Morgan fingerprint density at radius 2 is 1.87 bits per heavy atom. The number of aromatic nitrogens is 3. The fourth-order valence-corrected chi connectivity index (χ4v) is 3.81. The Morgan fingerprint density at radius 1 is 1.10 bits per heavy atom. The Balaban J connectivity index is 0.00000112. The fraction of sp³-hybridized carbons (Fsp3) is 0.348. The van der Waals surface area contributed by atoms with E-state index >= 15 is 0 Å². The van der Waals surface area contributed by atoms with Crippen LogP contribution in [0.1, 0.15) is 24.2 Å². The lowest BCUT2D eigenvalue weighted by Gasteiger charge is -2.26. The van der Waals surface area contributed by atoms with Gasteiger partial charge < -0.3 is 15.2 Å². The van der Waals surface area contributed by atoms with Crippen LogP contribution in [0.2, 0.25) is 0 Å². The zero-order valence-electron chi connectivity index (χ0n) is 17.8. The lowest BCUT2D eigenvalue weighted by molar-refractivity contribution is 0.0398. The van der Waals surface area contributed by atoms with Crippen LogP contribution in [-0.4, -0.2) is 69.7 Å². The number of nitrogens with one attached hydrogen (secondary N) is 1. The van der Waals surface area contributed by atoms with Crippen LogP contribution >= 0.6 is 0 Å². The van der Waals surface area contributed by atoms with Crippen molar-refractivity contribution in [1.29, 1.82) is 0 Å². The average Bonchev–Trinajstić information content (AvgIpc) is 3.20. The van der Waals surface area contributed by atoms with E-state index in [0.29, 0.717) is 11.3 Å². The molecule has 0 spiro atoms. The van der Waals surface area contributed by atoms with Crippen molar-refractivity contribution in [1.82, 2.24) is 19.3 Å². The molecule has 0 atom stereocenters. The molecular weight excluding hydrogens is 394 g/mol. The Hall–Kier alpha value is -3.23. The van der Waals surface area contributed by atoms with Gasteiger partial charge in [0.05, 0.1) is 24.2 Å². The van der Waals surface area contributed by atoms with Crippen LogP contribution in [0.3, 0.4) is 0 Å². The standard InChI is InChI=1S/C21H21N5O3.C2H6/c27-21(28)15-13-14-5-6-18(22-7-8-25-9-11-29-12-10-25)24-19(14)26-17-4-2-1-3-16(17)23-20(15)26;1-2/h1-6,13H,7-12H2,(H,22,24)(H,27,28);1-2H3. The number of hydrogen-bond donors (Lipinski definition) is 2. The van der Waals surface area contributed by atoms with Gasteiger partial charge in [-0.2, -0.15) is 0 Å². The van der Waals surface area contributed by atoms with Crippen LogP contribution in [0.15, 0.2) is 42.5 Å². The van der Waals surface area contributed by atoms with Crippen molar-refractivity contribution in [3.8, 4) is 0 Å². The van der Waals surface area contributed by atoms with E-state index in [2.05, 4.69) is 15.2 Å². The Labute approximate surface area is 180 Å². The van der Waals surface area contributed by atoms with Crippen LogP contribution in [0.5, 0.6) is 0 Å². The number of imidazole rings is 1. The maximum Gasteiger partial charge on any atom is 0.339 e. The minimum absolute atomic E-state index is 0.170. The number of pyridine rings is 2. The molecule has 1 aliphatic heterocycles. The van der Waals surface area contributed by atoms with E-state index in [0.717, 1.165) is 61.6 Å². The first-order valence-electron chi connectivity index (χ1n) is 10.7. The van der Waals surface area contributed by atoms with Crippen molar-refractivity contribution >= 4 is 39.5 Å². The number of ether oxygens (including phenoxy) is 1. The van der Waals surface area contributed by atoms with Crippen molar-refractivity contribution in [2.75, 3.05) is 44.7 Å². The quantitative estimate of drug-likeness (QED) is 0.509. The van der Waals surface area contributed by atoms with Crippen LogP contribution in [-0.2, 0) is 4.74 Å². The van der Waals surface area contributed by atoms with E-state index in [-0.39, 0.29) is 5.56 Å². The SMILES string of the molecule is CC.O=C(O)c1cc2ccc(NCCN3CCOCC3)nc2n2c1nc1ccccc12. The number of carboxylic acid groups (broad SMARTS) is 1. The van der Waals surface area contributed by atoms with Gasteiger partial charge in [-0.05, 0) is 30.3 Å². The first kappa shape index (κ1) is 21.0. The number of morpholine rings is 1. The van der Waals surface area contributed by atoms with Gasteiger partial charge in [0, 0.05) is 31.6 Å². The summed E-state index contributed by atoms with van der Waals surface area (Å²) >= 11 is 0. The number of anilines is 1. The molecule has 1 aliphatic rings. The fourth-order valence-electron chi connectivity index (χ4n) is 3.81. The molecule has 4 aromatic rings. The molecular formula is C23H27N5O3. The second kappa shape index (κ2) is 9.28. The number of aromatic carboxylic acids is 1. The highest BCUT2D eigenvalue weighted by atomic mass is 16.5. The van der Waals surface area contributed by atoms with E-state index in [1.165, 1.54) is 0 Å². The van der Waals surface area contributed by atoms with Crippen LogP contribution in [0.4, 0.5) is 5.82 Å². The van der Waals surface area contributed by atoms with E-state index in [1.807, 2.05) is 54.6 Å². The molecule has 1 fully saturated rings. The summed E-state index contributed by atoms with van der Waals surface area (Å²) in [5, 5.41) is 13.8. The Bertz CT molecular complexity index is 1210. The molecule has 0 unspecified atom stereocenters. The van der Waals surface area contributed by atoms with Crippen molar-refractivity contribution in [3.63, 3.8) is 0 Å². The highest BCUT2D eigenvalue weighted by molar-refractivity contribution is 6.02. The predicted molar refractivity (Wildman–Crippen MR) is 122 cm³/mol. The highest BCUT2D eigenvalue weighted by Gasteiger charge is 2.18. The summed E-state index contributed by atoms with van der Waals surface area (Å²) in [4.78, 5) is 23.5. The molecule has 0 bridgehead atoms. The molecule has 0 saturated carbocycles. The van der Waals surface area contributed by atoms with Gasteiger partial charge in [0.25, 0.3) is 0 Å². The van der Waals surface area contributed by atoms with Gasteiger partial charge in [-0.25, -0.2) is 14.8 Å². The molecule has 4 heterocycles. The Kier molecular flexibility index (Phi) is 6.29. The monoisotopic (exact) mass is 421 g/mol. The number of benzene rings is 1. The summed E-state index contributed by atoms with van der Waals surface area (Å²) in [7, 11) is 0. The Morgan fingerprint density at radius 3 is 2.65 bits per heavy atom. The number of carboxylic acids is 1. The summed E-state index contributed by atoms with van der Waals surface area (Å²) in [5.41, 5.74) is 2.85. The largest absolute Gasteiger partial charge is 0.478 e. The second-order valence-corrected chi connectivity index (χ2v) is 7.11. The van der Waals surface area contributed by atoms with Gasteiger partial charge in [0.1, 0.15) is 17.0 Å². The zero-order valence-corrected chi connectivity index (χ0v) is 17.8. The third-order valence-electron chi connectivity index (χ3n) is 5.29. The van der Waals surface area contributed by atoms with E-state index in [4.69, 9.17) is 9.72 Å². The van der Waals surface area contributed by atoms with E-state index < -0.39 is 5.97 Å². The van der Waals surface area contributed by atoms with Crippen LogP contribution in [0.25, 0.3) is 27.7 Å². The number of hydrogen-bond acceptors (Lipinski definition) is 6. The summed E-state index contributed by atoms with van der Waals surface area (Å²) in [6.07, 6.45) is 0. The number of para-hydroxylation sites is 2. The molecule has 0 aliphatic carbocycles. The maximum atomic E-state index is 11.8. The summed E-state index contributed by atoms with van der Waals surface area (Å²) in [5.74, 6) is -0.243. The molecule has 1 aromatic carbocycles. The normalized spacial score (nSPS) is 14.5. The molecule has 2 N–H and O–H groups in total. The molecule has 8 nitrogen and oxygen atoms in total. The van der Waals surface area contributed by atoms with E-state index in [1.54, 1.807) is 6.07 Å². The van der Waals surface area contributed by atoms with Crippen molar-refractivity contribution in [2.45, 2.75) is 13.8 Å². The second-order valence-electron chi connectivity index (χ2n) is 7.11.